The minimum Gasteiger partial charge on any atom is -0.385 e. The molecular formula is C20H28N2O4. The maximum Gasteiger partial charge on any atom is 0.240 e. The second-order valence-electron chi connectivity index (χ2n) is 7.10. The lowest BCUT2D eigenvalue weighted by atomic mass is 9.75. The molecule has 1 aliphatic heterocycles. The number of rotatable bonds is 8. The molecule has 2 rings (SSSR count). The van der Waals surface area contributed by atoms with Crippen molar-refractivity contribution >= 4 is 17.7 Å². The summed E-state index contributed by atoms with van der Waals surface area (Å²) in [6.07, 6.45) is 0.607. The van der Waals surface area contributed by atoms with Crippen LogP contribution in [0, 0.1) is 0 Å². The molecule has 0 bridgehead atoms. The van der Waals surface area contributed by atoms with Crippen LogP contribution in [0.15, 0.2) is 30.3 Å². The molecule has 0 radical (unpaired) electrons. The van der Waals surface area contributed by atoms with Gasteiger partial charge in [0, 0.05) is 46.2 Å². The number of imide groups is 1. The van der Waals surface area contributed by atoms with Crippen molar-refractivity contribution in [2.75, 3.05) is 27.3 Å². The first-order chi connectivity index (χ1) is 12.3. The van der Waals surface area contributed by atoms with Gasteiger partial charge < -0.3 is 9.64 Å². The summed E-state index contributed by atoms with van der Waals surface area (Å²) in [6.45, 7) is 4.64. The van der Waals surface area contributed by atoms with Crippen molar-refractivity contribution in [1.82, 2.24) is 9.80 Å². The van der Waals surface area contributed by atoms with E-state index in [0.29, 0.717) is 19.6 Å². The molecule has 3 amide bonds. The molecule has 1 atom stereocenters. The van der Waals surface area contributed by atoms with Crippen LogP contribution in [0.4, 0.5) is 0 Å². The van der Waals surface area contributed by atoms with Crippen molar-refractivity contribution < 1.29 is 19.1 Å². The van der Waals surface area contributed by atoms with E-state index in [9.17, 15) is 14.4 Å². The lowest BCUT2D eigenvalue weighted by Crippen LogP contribution is -2.44. The van der Waals surface area contributed by atoms with Gasteiger partial charge in [0.25, 0.3) is 0 Å². The van der Waals surface area contributed by atoms with Gasteiger partial charge in [0.15, 0.2) is 0 Å². The number of ether oxygens (including phenoxy) is 1. The predicted molar refractivity (Wildman–Crippen MR) is 98.5 cm³/mol. The van der Waals surface area contributed by atoms with Gasteiger partial charge in [0.2, 0.25) is 17.7 Å². The molecule has 26 heavy (non-hydrogen) atoms. The fraction of sp³-hybridized carbons (Fsp3) is 0.550. The number of amides is 3. The number of carbonyl (C=O) groups is 3. The van der Waals surface area contributed by atoms with Crippen LogP contribution in [-0.4, -0.2) is 60.9 Å². The Morgan fingerprint density at radius 2 is 1.92 bits per heavy atom. The van der Waals surface area contributed by atoms with Crippen molar-refractivity contribution in [3.05, 3.63) is 35.9 Å². The van der Waals surface area contributed by atoms with Crippen LogP contribution >= 0.6 is 0 Å². The van der Waals surface area contributed by atoms with Gasteiger partial charge in [-0.05, 0) is 25.8 Å². The fourth-order valence-electron chi connectivity index (χ4n) is 3.29. The molecule has 0 unspecified atom stereocenters. The maximum absolute atomic E-state index is 13.3. The number of methoxy groups -OCH3 is 1. The first-order valence-electron chi connectivity index (χ1n) is 8.98. The molecule has 6 heteroatoms. The van der Waals surface area contributed by atoms with Crippen LogP contribution in [-0.2, 0) is 24.5 Å². The molecule has 1 heterocycles. The third-order valence-electron chi connectivity index (χ3n) is 5.09. The normalized spacial score (nSPS) is 20.1. The van der Waals surface area contributed by atoms with Gasteiger partial charge in [-0.3, -0.25) is 19.3 Å². The Bertz CT molecular complexity index is 659. The molecule has 6 nitrogen and oxygen atoms in total. The van der Waals surface area contributed by atoms with Crippen molar-refractivity contribution in [3.8, 4) is 0 Å². The number of likely N-dealkylation sites (tertiary alicyclic amines) is 1. The van der Waals surface area contributed by atoms with E-state index in [2.05, 4.69) is 0 Å². The van der Waals surface area contributed by atoms with E-state index in [4.69, 9.17) is 4.74 Å². The Morgan fingerprint density at radius 1 is 1.27 bits per heavy atom. The zero-order valence-electron chi connectivity index (χ0n) is 16.0. The summed E-state index contributed by atoms with van der Waals surface area (Å²) in [6, 6.07) is 9.20. The van der Waals surface area contributed by atoms with E-state index in [0.717, 1.165) is 5.56 Å². The summed E-state index contributed by atoms with van der Waals surface area (Å²) < 4.78 is 5.02. The average Bonchev–Trinajstić information content (AvgIpc) is 2.86. The van der Waals surface area contributed by atoms with E-state index in [1.54, 1.807) is 19.1 Å². The average molecular weight is 360 g/mol. The van der Waals surface area contributed by atoms with E-state index in [-0.39, 0.29) is 36.6 Å². The van der Waals surface area contributed by atoms with Crippen LogP contribution < -0.4 is 0 Å². The Hall–Kier alpha value is -2.21. The summed E-state index contributed by atoms with van der Waals surface area (Å²) in [7, 11) is 3.31. The summed E-state index contributed by atoms with van der Waals surface area (Å²) in [5, 5.41) is 0. The van der Waals surface area contributed by atoms with Crippen molar-refractivity contribution in [1.29, 1.82) is 0 Å². The third kappa shape index (κ3) is 3.96. The molecule has 1 aliphatic rings. The lowest BCUT2D eigenvalue weighted by molar-refractivity contribution is -0.143. The van der Waals surface area contributed by atoms with E-state index in [1.807, 2.05) is 44.2 Å². The summed E-state index contributed by atoms with van der Waals surface area (Å²) >= 11 is 0. The molecule has 142 valence electrons. The Morgan fingerprint density at radius 3 is 2.50 bits per heavy atom. The topological polar surface area (TPSA) is 66.9 Å². The van der Waals surface area contributed by atoms with Crippen LogP contribution in [0.2, 0.25) is 0 Å². The second-order valence-corrected chi connectivity index (χ2v) is 7.10. The van der Waals surface area contributed by atoms with Crippen molar-refractivity contribution in [2.24, 2.45) is 0 Å². The Balaban J connectivity index is 2.35. The van der Waals surface area contributed by atoms with Gasteiger partial charge in [-0.2, -0.15) is 0 Å². The van der Waals surface area contributed by atoms with Gasteiger partial charge in [-0.1, -0.05) is 30.3 Å². The molecule has 1 fully saturated rings. The zero-order chi connectivity index (χ0) is 19.3. The predicted octanol–water partition coefficient (Wildman–Crippen LogP) is 1.98. The van der Waals surface area contributed by atoms with Crippen LogP contribution in [0.3, 0.4) is 0 Å². The minimum atomic E-state index is -1.12. The number of benzene rings is 1. The van der Waals surface area contributed by atoms with Gasteiger partial charge >= 0.3 is 0 Å². The van der Waals surface area contributed by atoms with Crippen LogP contribution in [0.5, 0.6) is 0 Å². The highest BCUT2D eigenvalue weighted by Crippen LogP contribution is 2.40. The van der Waals surface area contributed by atoms with Gasteiger partial charge in [-0.25, -0.2) is 0 Å². The highest BCUT2D eigenvalue weighted by atomic mass is 16.5. The van der Waals surface area contributed by atoms with Crippen LogP contribution in [0.1, 0.15) is 38.7 Å². The van der Waals surface area contributed by atoms with Crippen molar-refractivity contribution in [2.45, 2.75) is 44.6 Å². The number of hydrogen-bond acceptors (Lipinski definition) is 4. The highest BCUT2D eigenvalue weighted by molar-refractivity contribution is 6.10. The molecule has 0 aromatic heterocycles. The molecule has 0 saturated carbocycles. The van der Waals surface area contributed by atoms with E-state index >= 15 is 0 Å². The Kier molecular flexibility index (Phi) is 6.53. The minimum absolute atomic E-state index is 0.00293. The molecule has 1 aromatic carbocycles. The molecule has 0 N–H and O–H groups in total. The quantitative estimate of drug-likeness (QED) is 0.525. The Labute approximate surface area is 155 Å². The SMILES string of the molecule is COCCCN1C(=O)C[C@](CC(=O)N(C)C(C)C)(c2ccccc2)C1=O. The van der Waals surface area contributed by atoms with Gasteiger partial charge in [0.1, 0.15) is 0 Å². The maximum atomic E-state index is 13.3. The third-order valence-corrected chi connectivity index (χ3v) is 5.09. The first-order valence-corrected chi connectivity index (χ1v) is 8.98. The molecule has 1 aromatic rings. The number of nitrogens with zero attached hydrogens (tertiary/aromatic N) is 2. The first kappa shape index (κ1) is 20.1. The molecule has 0 aliphatic carbocycles. The fourth-order valence-corrected chi connectivity index (χ4v) is 3.29. The molecular weight excluding hydrogens is 332 g/mol. The molecule has 0 spiro atoms. The largest absolute Gasteiger partial charge is 0.385 e. The van der Waals surface area contributed by atoms with Crippen LogP contribution in [0.25, 0.3) is 0 Å². The summed E-state index contributed by atoms with van der Waals surface area (Å²) in [5.74, 6) is -0.644. The van der Waals surface area contributed by atoms with E-state index in [1.165, 1.54) is 4.90 Å². The smallest absolute Gasteiger partial charge is 0.240 e. The highest BCUT2D eigenvalue weighted by Gasteiger charge is 2.53. The van der Waals surface area contributed by atoms with Gasteiger partial charge in [-0.15, -0.1) is 0 Å². The van der Waals surface area contributed by atoms with Gasteiger partial charge in [0.05, 0.1) is 5.41 Å². The standard InChI is InChI=1S/C20H28N2O4/c1-15(2)21(3)17(23)13-20(16-9-6-5-7-10-16)14-18(24)22(19(20)25)11-8-12-26-4/h5-7,9-10,15H,8,11-14H2,1-4H3/t20-/m1/s1. The summed E-state index contributed by atoms with van der Waals surface area (Å²) in [4.78, 5) is 41.5. The lowest BCUT2D eigenvalue weighted by Gasteiger charge is -2.30. The number of carbonyl (C=O) groups excluding carboxylic acids is 3. The zero-order valence-corrected chi connectivity index (χ0v) is 16.0. The number of hydrogen-bond donors (Lipinski definition) is 0. The van der Waals surface area contributed by atoms with E-state index < -0.39 is 5.41 Å². The summed E-state index contributed by atoms with van der Waals surface area (Å²) in [5.41, 5.74) is -0.399. The second kappa shape index (κ2) is 8.45. The monoisotopic (exact) mass is 360 g/mol. The van der Waals surface area contributed by atoms with Crippen molar-refractivity contribution in [3.63, 3.8) is 0 Å². The molecule has 1 saturated heterocycles.